The maximum atomic E-state index is 2.44. The number of aromatic nitrogens is 2. The molecule has 3 heterocycles. The third-order valence-electron chi connectivity index (χ3n) is 11.3. The Bertz CT molecular complexity index is 2970. The van der Waals surface area contributed by atoms with E-state index in [4.69, 9.17) is 0 Å². The second-order valence-electron chi connectivity index (χ2n) is 16.7. The van der Waals surface area contributed by atoms with E-state index in [1.54, 1.807) is 0 Å². The lowest BCUT2D eigenvalue weighted by Crippen LogP contribution is -2.10. The van der Waals surface area contributed by atoms with Crippen molar-refractivity contribution < 1.29 is 0 Å². The predicted molar refractivity (Wildman–Crippen MR) is 231 cm³/mol. The van der Waals surface area contributed by atoms with Crippen LogP contribution in [0, 0.1) is 0 Å². The number of benzene rings is 7. The predicted octanol–water partition coefficient (Wildman–Crippen LogP) is 14.5. The molecule has 0 N–H and O–H groups in total. The first-order chi connectivity index (χ1) is 25.5. The van der Waals surface area contributed by atoms with E-state index < -0.39 is 0 Å². The normalized spacial score (nSPS) is 12.7. The summed E-state index contributed by atoms with van der Waals surface area (Å²) in [6, 6.07) is 54.6. The highest BCUT2D eigenvalue weighted by atomic mass is 32.1. The molecular formula is C50H42N2S. The van der Waals surface area contributed by atoms with E-state index in [-0.39, 0.29) is 10.8 Å². The number of rotatable bonds is 3. The van der Waals surface area contributed by atoms with Gasteiger partial charge in [-0.1, -0.05) is 114 Å². The Balaban J connectivity index is 1.06. The van der Waals surface area contributed by atoms with Gasteiger partial charge >= 0.3 is 0 Å². The maximum Gasteiger partial charge on any atom is 0.0548 e. The molecule has 0 aliphatic heterocycles. The maximum absolute atomic E-state index is 2.44. The largest absolute Gasteiger partial charge is 0.309 e. The summed E-state index contributed by atoms with van der Waals surface area (Å²) < 4.78 is 7.54. The zero-order valence-electron chi connectivity index (χ0n) is 31.2. The van der Waals surface area contributed by atoms with Crippen LogP contribution in [0.1, 0.15) is 52.7 Å². The average molecular weight is 703 g/mol. The van der Waals surface area contributed by atoms with Gasteiger partial charge in [-0.2, -0.15) is 0 Å². The molecular weight excluding hydrogens is 661 g/mol. The molecule has 0 amide bonds. The number of para-hydroxylation sites is 1. The lowest BCUT2D eigenvalue weighted by Gasteiger charge is -2.19. The molecule has 53 heavy (non-hydrogen) atoms. The van der Waals surface area contributed by atoms with Crippen LogP contribution in [0.25, 0.3) is 86.3 Å². The molecule has 10 aromatic rings. The van der Waals surface area contributed by atoms with Crippen LogP contribution in [-0.4, -0.2) is 9.13 Å². The molecule has 0 unspecified atom stereocenters. The third-order valence-corrected chi connectivity index (χ3v) is 12.4. The first-order valence-corrected chi connectivity index (χ1v) is 19.5. The Labute approximate surface area is 314 Å². The van der Waals surface area contributed by atoms with E-state index in [9.17, 15) is 0 Å². The zero-order valence-corrected chi connectivity index (χ0v) is 32.0. The minimum absolute atomic E-state index is 0.0778. The number of thiophene rings is 1. The van der Waals surface area contributed by atoms with Gasteiger partial charge in [0.15, 0.2) is 0 Å². The van der Waals surface area contributed by atoms with Crippen LogP contribution in [0.4, 0.5) is 0 Å². The van der Waals surface area contributed by atoms with Gasteiger partial charge in [-0.3, -0.25) is 0 Å². The standard InChI is InChI=1S/C50H42N2S/c1-49(2,3)33-19-25-44-39(27-33)40-28-34(50(4,5)6)20-26-45(40)51(44)35-21-15-31(16-22-35)32-17-23-36(24-18-32)52-43-13-9-7-11-37(43)41-30-48-42(29-46(41)52)38-12-8-10-14-47(38)53-48/h7-30H,1-6H3. The number of nitrogens with zero attached hydrogens (tertiary/aromatic N) is 2. The van der Waals surface area contributed by atoms with Gasteiger partial charge < -0.3 is 9.13 Å². The fourth-order valence-electron chi connectivity index (χ4n) is 8.31. The van der Waals surface area contributed by atoms with Gasteiger partial charge in [0.25, 0.3) is 0 Å². The molecule has 7 aromatic carbocycles. The van der Waals surface area contributed by atoms with Crippen molar-refractivity contribution in [3.8, 4) is 22.5 Å². The smallest absolute Gasteiger partial charge is 0.0548 e. The minimum Gasteiger partial charge on any atom is -0.309 e. The fourth-order valence-corrected chi connectivity index (χ4v) is 9.43. The summed E-state index contributed by atoms with van der Waals surface area (Å²) in [5, 5.41) is 7.87. The van der Waals surface area contributed by atoms with Crippen molar-refractivity contribution in [2.45, 2.75) is 52.4 Å². The summed E-state index contributed by atoms with van der Waals surface area (Å²) >= 11 is 1.88. The molecule has 0 spiro atoms. The Kier molecular flexibility index (Phi) is 6.91. The van der Waals surface area contributed by atoms with E-state index >= 15 is 0 Å². The van der Waals surface area contributed by atoms with Crippen LogP contribution in [-0.2, 0) is 10.8 Å². The molecule has 0 saturated carbocycles. The summed E-state index contributed by atoms with van der Waals surface area (Å²) in [6.07, 6.45) is 0. The molecule has 0 aliphatic rings. The molecule has 10 rings (SSSR count). The fraction of sp³-hybridized carbons (Fsp3) is 0.160. The molecule has 3 aromatic heterocycles. The second-order valence-corrected chi connectivity index (χ2v) is 17.8. The molecule has 258 valence electrons. The van der Waals surface area contributed by atoms with Gasteiger partial charge in [0.05, 0.1) is 22.1 Å². The summed E-state index contributed by atoms with van der Waals surface area (Å²) in [4.78, 5) is 0. The van der Waals surface area contributed by atoms with Crippen LogP contribution in [0.3, 0.4) is 0 Å². The topological polar surface area (TPSA) is 9.86 Å². The van der Waals surface area contributed by atoms with Crippen molar-refractivity contribution in [3.63, 3.8) is 0 Å². The quantitative estimate of drug-likeness (QED) is 0.173. The summed E-state index contributed by atoms with van der Waals surface area (Å²) in [5.74, 6) is 0. The molecule has 0 fully saturated rings. The first-order valence-electron chi connectivity index (χ1n) is 18.7. The van der Waals surface area contributed by atoms with Gasteiger partial charge in [0.1, 0.15) is 0 Å². The summed E-state index contributed by atoms with van der Waals surface area (Å²) in [6.45, 7) is 13.8. The lowest BCUT2D eigenvalue weighted by atomic mass is 9.85. The Hall–Kier alpha value is -5.64. The van der Waals surface area contributed by atoms with Gasteiger partial charge in [0, 0.05) is 53.1 Å². The SMILES string of the molecule is CC(C)(C)c1ccc2c(c1)c1cc(C(C)(C)C)ccc1n2-c1ccc(-c2ccc(-n3c4ccccc4c4cc5sc6ccccc6c5cc43)cc2)cc1. The van der Waals surface area contributed by atoms with Crippen molar-refractivity contribution in [3.05, 3.63) is 157 Å². The highest BCUT2D eigenvalue weighted by Crippen LogP contribution is 2.41. The van der Waals surface area contributed by atoms with Gasteiger partial charge in [-0.15, -0.1) is 11.3 Å². The second kappa shape index (κ2) is 11.4. The van der Waals surface area contributed by atoms with Gasteiger partial charge in [0.2, 0.25) is 0 Å². The molecule has 0 saturated heterocycles. The molecule has 2 nitrogen and oxygen atoms in total. The van der Waals surface area contributed by atoms with Crippen LogP contribution >= 0.6 is 11.3 Å². The van der Waals surface area contributed by atoms with Crippen molar-refractivity contribution in [1.29, 1.82) is 0 Å². The molecule has 0 atom stereocenters. The number of hydrogen-bond acceptors (Lipinski definition) is 1. The van der Waals surface area contributed by atoms with E-state index in [2.05, 4.69) is 196 Å². The van der Waals surface area contributed by atoms with E-state index in [0.717, 1.165) is 0 Å². The van der Waals surface area contributed by atoms with Gasteiger partial charge in [-0.05, 0) is 106 Å². The summed E-state index contributed by atoms with van der Waals surface area (Å²) in [5.41, 5.74) is 12.6. The molecule has 0 bridgehead atoms. The molecule has 3 heteroatoms. The number of hydrogen-bond donors (Lipinski definition) is 0. The molecule has 0 aliphatic carbocycles. The highest BCUT2D eigenvalue weighted by molar-refractivity contribution is 7.25. The highest BCUT2D eigenvalue weighted by Gasteiger charge is 2.21. The monoisotopic (exact) mass is 702 g/mol. The van der Waals surface area contributed by atoms with Crippen molar-refractivity contribution in [2.24, 2.45) is 0 Å². The first kappa shape index (κ1) is 32.0. The Morgan fingerprint density at radius 2 is 0.830 bits per heavy atom. The van der Waals surface area contributed by atoms with Crippen LogP contribution < -0.4 is 0 Å². The van der Waals surface area contributed by atoms with Crippen molar-refractivity contribution in [1.82, 2.24) is 9.13 Å². The molecule has 0 radical (unpaired) electrons. The van der Waals surface area contributed by atoms with E-state index in [0.29, 0.717) is 0 Å². The van der Waals surface area contributed by atoms with Gasteiger partial charge in [-0.25, -0.2) is 0 Å². The van der Waals surface area contributed by atoms with Crippen molar-refractivity contribution in [2.75, 3.05) is 0 Å². The Morgan fingerprint density at radius 1 is 0.358 bits per heavy atom. The van der Waals surface area contributed by atoms with E-state index in [1.165, 1.54) is 97.4 Å². The van der Waals surface area contributed by atoms with Crippen LogP contribution in [0.5, 0.6) is 0 Å². The summed E-state index contributed by atoms with van der Waals surface area (Å²) in [7, 11) is 0. The average Bonchev–Trinajstić information content (AvgIpc) is 3.80. The van der Waals surface area contributed by atoms with E-state index in [1.807, 2.05) is 11.3 Å². The lowest BCUT2D eigenvalue weighted by molar-refractivity contribution is 0.590. The Morgan fingerprint density at radius 3 is 1.40 bits per heavy atom. The number of fused-ring (bicyclic) bond motifs is 9. The van der Waals surface area contributed by atoms with Crippen molar-refractivity contribution >= 4 is 75.1 Å². The third kappa shape index (κ3) is 5.05. The minimum atomic E-state index is 0.0778. The van der Waals surface area contributed by atoms with Crippen LogP contribution in [0.2, 0.25) is 0 Å². The van der Waals surface area contributed by atoms with Crippen LogP contribution in [0.15, 0.2) is 146 Å². The zero-order chi connectivity index (χ0) is 36.2.